The molecule has 0 saturated heterocycles. The number of pyridine rings is 1. The summed E-state index contributed by atoms with van der Waals surface area (Å²) in [5, 5.41) is 7.13. The van der Waals surface area contributed by atoms with Gasteiger partial charge in [-0.05, 0) is 24.3 Å². The zero-order valence-electron chi connectivity index (χ0n) is 10.9. The number of hydrogen-bond donors (Lipinski definition) is 1. The van der Waals surface area contributed by atoms with Gasteiger partial charge in [0.15, 0.2) is 5.82 Å². The van der Waals surface area contributed by atoms with E-state index in [2.05, 4.69) is 36.3 Å². The number of nitrogens with one attached hydrogen (secondary N) is 1. The molecule has 1 aromatic carbocycles. The van der Waals surface area contributed by atoms with E-state index in [-0.39, 0.29) is 5.82 Å². The molecule has 7 heteroatoms. The molecule has 0 fully saturated rings. The van der Waals surface area contributed by atoms with E-state index in [0.717, 1.165) is 10.2 Å². The summed E-state index contributed by atoms with van der Waals surface area (Å²) in [5.74, 6) is 0.428. The summed E-state index contributed by atoms with van der Waals surface area (Å²) in [5.41, 5.74) is 1.40. The first-order valence-corrected chi connectivity index (χ1v) is 7.00. The highest BCUT2D eigenvalue weighted by atomic mass is 79.9. The SMILES string of the molecule is Fc1cc(Br)ccc1CNc1ccc(-n2cncn2)nc1. The summed E-state index contributed by atoms with van der Waals surface area (Å²) in [6, 6.07) is 8.68. The Kier molecular flexibility index (Phi) is 3.92. The van der Waals surface area contributed by atoms with Gasteiger partial charge in [-0.15, -0.1) is 0 Å². The highest BCUT2D eigenvalue weighted by Gasteiger charge is 2.03. The Morgan fingerprint density at radius 3 is 2.81 bits per heavy atom. The molecule has 0 unspecified atom stereocenters. The minimum atomic E-state index is -0.246. The Labute approximate surface area is 129 Å². The van der Waals surface area contributed by atoms with Crippen molar-refractivity contribution in [2.75, 3.05) is 5.32 Å². The smallest absolute Gasteiger partial charge is 0.155 e. The molecule has 0 aliphatic heterocycles. The van der Waals surface area contributed by atoms with Crippen molar-refractivity contribution >= 4 is 21.6 Å². The molecule has 0 saturated carbocycles. The zero-order valence-corrected chi connectivity index (χ0v) is 12.5. The summed E-state index contributed by atoms with van der Waals surface area (Å²) in [7, 11) is 0. The van der Waals surface area contributed by atoms with Crippen molar-refractivity contribution in [1.82, 2.24) is 19.7 Å². The van der Waals surface area contributed by atoms with E-state index in [1.54, 1.807) is 23.3 Å². The van der Waals surface area contributed by atoms with E-state index < -0.39 is 0 Å². The van der Waals surface area contributed by atoms with Gasteiger partial charge in [0.2, 0.25) is 0 Å². The van der Waals surface area contributed by atoms with E-state index in [4.69, 9.17) is 0 Å². The Morgan fingerprint density at radius 1 is 1.24 bits per heavy atom. The Hall–Kier alpha value is -2.28. The molecule has 0 bridgehead atoms. The van der Waals surface area contributed by atoms with Gasteiger partial charge in [-0.3, -0.25) is 0 Å². The Balaban J connectivity index is 1.68. The summed E-state index contributed by atoms with van der Waals surface area (Å²) < 4.78 is 16.0. The first-order chi connectivity index (χ1) is 10.2. The first-order valence-electron chi connectivity index (χ1n) is 6.21. The first kappa shape index (κ1) is 13.7. The third-order valence-corrected chi connectivity index (χ3v) is 3.39. The van der Waals surface area contributed by atoms with Crippen LogP contribution in [0.4, 0.5) is 10.1 Å². The molecule has 0 aliphatic carbocycles. The fourth-order valence-corrected chi connectivity index (χ4v) is 2.15. The molecule has 3 aromatic rings. The average Bonchev–Trinajstić information content (AvgIpc) is 3.01. The van der Waals surface area contributed by atoms with E-state index in [9.17, 15) is 4.39 Å². The third kappa shape index (κ3) is 3.25. The van der Waals surface area contributed by atoms with E-state index >= 15 is 0 Å². The molecule has 0 amide bonds. The molecule has 3 rings (SSSR count). The molecule has 0 aliphatic rings. The van der Waals surface area contributed by atoms with Gasteiger partial charge in [0.1, 0.15) is 18.5 Å². The fourth-order valence-electron chi connectivity index (χ4n) is 1.82. The summed E-state index contributed by atoms with van der Waals surface area (Å²) >= 11 is 3.24. The van der Waals surface area contributed by atoms with Crippen LogP contribution in [0.3, 0.4) is 0 Å². The highest BCUT2D eigenvalue weighted by molar-refractivity contribution is 9.10. The van der Waals surface area contributed by atoms with Gasteiger partial charge in [-0.25, -0.2) is 19.0 Å². The molecule has 0 radical (unpaired) electrons. The second-order valence-electron chi connectivity index (χ2n) is 4.33. The Bertz CT molecular complexity index is 728. The minimum Gasteiger partial charge on any atom is -0.380 e. The molecule has 1 N–H and O–H groups in total. The van der Waals surface area contributed by atoms with Crippen molar-refractivity contribution in [3.8, 4) is 5.82 Å². The molecule has 0 spiro atoms. The Morgan fingerprint density at radius 2 is 2.14 bits per heavy atom. The number of rotatable bonds is 4. The second kappa shape index (κ2) is 6.01. The highest BCUT2D eigenvalue weighted by Crippen LogP contribution is 2.17. The molecule has 2 heterocycles. The summed E-state index contributed by atoms with van der Waals surface area (Å²) in [6.07, 6.45) is 4.70. The van der Waals surface area contributed by atoms with Gasteiger partial charge >= 0.3 is 0 Å². The third-order valence-electron chi connectivity index (χ3n) is 2.90. The maximum Gasteiger partial charge on any atom is 0.155 e. The van der Waals surface area contributed by atoms with Crippen LogP contribution in [0.5, 0.6) is 0 Å². The van der Waals surface area contributed by atoms with E-state index in [1.807, 2.05) is 18.2 Å². The minimum absolute atomic E-state index is 0.246. The molecular formula is C14H11BrFN5. The van der Waals surface area contributed by atoms with Gasteiger partial charge in [0.05, 0.1) is 11.9 Å². The quantitative estimate of drug-likeness (QED) is 0.787. The molecule has 106 valence electrons. The number of benzene rings is 1. The molecular weight excluding hydrogens is 337 g/mol. The average molecular weight is 348 g/mol. The lowest BCUT2D eigenvalue weighted by atomic mass is 10.2. The normalized spacial score (nSPS) is 10.6. The van der Waals surface area contributed by atoms with Gasteiger partial charge in [-0.2, -0.15) is 5.10 Å². The maximum absolute atomic E-state index is 13.7. The van der Waals surface area contributed by atoms with Crippen molar-refractivity contribution in [3.63, 3.8) is 0 Å². The summed E-state index contributed by atoms with van der Waals surface area (Å²) in [6.45, 7) is 0.392. The largest absolute Gasteiger partial charge is 0.380 e. The molecule has 0 atom stereocenters. The predicted molar refractivity (Wildman–Crippen MR) is 80.6 cm³/mol. The van der Waals surface area contributed by atoms with Crippen molar-refractivity contribution < 1.29 is 4.39 Å². The number of aromatic nitrogens is 4. The monoisotopic (exact) mass is 347 g/mol. The predicted octanol–water partition coefficient (Wildman–Crippen LogP) is 3.18. The fraction of sp³-hybridized carbons (Fsp3) is 0.0714. The van der Waals surface area contributed by atoms with Gasteiger partial charge < -0.3 is 5.32 Å². The van der Waals surface area contributed by atoms with Crippen LogP contribution in [-0.4, -0.2) is 19.7 Å². The van der Waals surface area contributed by atoms with Crippen LogP contribution in [0.25, 0.3) is 5.82 Å². The van der Waals surface area contributed by atoms with Crippen LogP contribution < -0.4 is 5.32 Å². The van der Waals surface area contributed by atoms with Gasteiger partial charge in [0, 0.05) is 16.6 Å². The van der Waals surface area contributed by atoms with E-state index in [0.29, 0.717) is 17.9 Å². The van der Waals surface area contributed by atoms with Crippen LogP contribution in [0.1, 0.15) is 5.56 Å². The molecule has 21 heavy (non-hydrogen) atoms. The lowest BCUT2D eigenvalue weighted by molar-refractivity contribution is 0.612. The topological polar surface area (TPSA) is 55.6 Å². The lowest BCUT2D eigenvalue weighted by Crippen LogP contribution is -2.03. The van der Waals surface area contributed by atoms with Crippen molar-refractivity contribution in [2.45, 2.75) is 6.54 Å². The van der Waals surface area contributed by atoms with Gasteiger partial charge in [0.25, 0.3) is 0 Å². The van der Waals surface area contributed by atoms with Crippen LogP contribution >= 0.6 is 15.9 Å². The van der Waals surface area contributed by atoms with Crippen LogP contribution in [0, 0.1) is 5.82 Å². The number of hydrogen-bond acceptors (Lipinski definition) is 4. The van der Waals surface area contributed by atoms with Crippen LogP contribution in [0.2, 0.25) is 0 Å². The van der Waals surface area contributed by atoms with Crippen molar-refractivity contribution in [2.24, 2.45) is 0 Å². The number of halogens is 2. The number of nitrogens with zero attached hydrogens (tertiary/aromatic N) is 4. The maximum atomic E-state index is 13.7. The van der Waals surface area contributed by atoms with Crippen molar-refractivity contribution in [3.05, 3.63) is 65.0 Å². The standard InChI is InChI=1S/C14H11BrFN5/c15-11-2-1-10(13(16)5-11)6-18-12-3-4-14(19-7-12)21-9-17-8-20-21/h1-5,7-9,18H,6H2. The lowest BCUT2D eigenvalue weighted by Gasteiger charge is -2.08. The van der Waals surface area contributed by atoms with Crippen molar-refractivity contribution in [1.29, 1.82) is 0 Å². The zero-order chi connectivity index (χ0) is 14.7. The second-order valence-corrected chi connectivity index (χ2v) is 5.25. The summed E-state index contributed by atoms with van der Waals surface area (Å²) in [4.78, 5) is 8.13. The van der Waals surface area contributed by atoms with Gasteiger partial charge in [-0.1, -0.05) is 22.0 Å². The number of anilines is 1. The molecule has 2 aromatic heterocycles. The van der Waals surface area contributed by atoms with Crippen LogP contribution in [-0.2, 0) is 6.54 Å². The van der Waals surface area contributed by atoms with Crippen LogP contribution in [0.15, 0.2) is 53.7 Å². The van der Waals surface area contributed by atoms with E-state index in [1.165, 1.54) is 12.4 Å². The molecule has 5 nitrogen and oxygen atoms in total.